The highest BCUT2D eigenvalue weighted by molar-refractivity contribution is 7.13. The molecule has 2 N–H and O–H groups in total. The molecule has 0 atom stereocenters. The summed E-state index contributed by atoms with van der Waals surface area (Å²) >= 11 is 1.67. The molecule has 0 aromatic carbocycles. The molecule has 2 rings (SSSR count). The Kier molecular flexibility index (Phi) is 1.62. The molecular weight excluding hydrogens is 170 g/mol. The fraction of sp³-hybridized carbons (Fsp3) is 0.125. The van der Waals surface area contributed by atoms with Crippen molar-refractivity contribution in [1.29, 1.82) is 0 Å². The number of thiophene rings is 1. The van der Waals surface area contributed by atoms with E-state index in [9.17, 15) is 0 Å². The maximum absolute atomic E-state index is 5.60. The minimum atomic E-state index is 0.554. The molecule has 2 heterocycles. The number of rotatable bonds is 1. The molecule has 0 spiro atoms. The first-order valence-corrected chi connectivity index (χ1v) is 4.48. The second-order valence-corrected chi connectivity index (χ2v) is 3.52. The van der Waals surface area contributed by atoms with E-state index in [1.807, 2.05) is 35.3 Å². The molecule has 4 heteroatoms. The van der Waals surface area contributed by atoms with Gasteiger partial charge in [0.1, 0.15) is 5.69 Å². The maximum Gasteiger partial charge on any atom is 0.200 e. The van der Waals surface area contributed by atoms with Crippen LogP contribution in [0.4, 0.5) is 5.95 Å². The van der Waals surface area contributed by atoms with E-state index in [0.717, 1.165) is 10.6 Å². The fourth-order valence-corrected chi connectivity index (χ4v) is 1.70. The van der Waals surface area contributed by atoms with Gasteiger partial charge in [0.2, 0.25) is 0 Å². The van der Waals surface area contributed by atoms with Crippen LogP contribution in [0.2, 0.25) is 0 Å². The molecule has 0 fully saturated rings. The summed E-state index contributed by atoms with van der Waals surface area (Å²) in [5.41, 5.74) is 6.55. The van der Waals surface area contributed by atoms with Crippen molar-refractivity contribution >= 4 is 17.3 Å². The highest BCUT2D eigenvalue weighted by atomic mass is 32.1. The van der Waals surface area contributed by atoms with Crippen molar-refractivity contribution in [2.24, 2.45) is 7.05 Å². The van der Waals surface area contributed by atoms with Crippen LogP contribution < -0.4 is 5.73 Å². The molecule has 0 radical (unpaired) electrons. The van der Waals surface area contributed by atoms with Crippen molar-refractivity contribution in [2.75, 3.05) is 5.73 Å². The van der Waals surface area contributed by atoms with Gasteiger partial charge in [-0.2, -0.15) is 0 Å². The van der Waals surface area contributed by atoms with Crippen LogP contribution in [0.1, 0.15) is 0 Å². The van der Waals surface area contributed by atoms with Gasteiger partial charge in [-0.25, -0.2) is 4.98 Å². The van der Waals surface area contributed by atoms with E-state index >= 15 is 0 Å². The smallest absolute Gasteiger partial charge is 0.200 e. The number of nitrogens with two attached hydrogens (primary N) is 1. The lowest BCUT2D eigenvalue weighted by Crippen LogP contribution is -1.94. The summed E-state index contributed by atoms with van der Waals surface area (Å²) in [4.78, 5) is 5.36. The van der Waals surface area contributed by atoms with E-state index in [-0.39, 0.29) is 0 Å². The Morgan fingerprint density at radius 3 is 2.92 bits per heavy atom. The molecule has 0 unspecified atom stereocenters. The Labute approximate surface area is 74.5 Å². The molecule has 0 aliphatic carbocycles. The first kappa shape index (κ1) is 7.36. The fourth-order valence-electron chi connectivity index (χ4n) is 1.02. The van der Waals surface area contributed by atoms with Crippen molar-refractivity contribution in [3.05, 3.63) is 23.7 Å². The van der Waals surface area contributed by atoms with Gasteiger partial charge in [0.25, 0.3) is 0 Å². The van der Waals surface area contributed by atoms with Gasteiger partial charge in [-0.3, -0.25) is 0 Å². The number of aryl methyl sites for hydroxylation is 1. The predicted octanol–water partition coefficient (Wildman–Crippen LogP) is 1.73. The number of nitrogen functional groups attached to an aromatic ring is 1. The molecular formula is C8H9N3S. The minimum absolute atomic E-state index is 0.554. The van der Waals surface area contributed by atoms with Gasteiger partial charge >= 0.3 is 0 Å². The summed E-state index contributed by atoms with van der Waals surface area (Å²) < 4.78 is 1.81. The summed E-state index contributed by atoms with van der Waals surface area (Å²) in [5, 5.41) is 2.03. The van der Waals surface area contributed by atoms with E-state index in [1.54, 1.807) is 11.3 Å². The number of anilines is 1. The zero-order valence-electron chi connectivity index (χ0n) is 6.69. The van der Waals surface area contributed by atoms with Gasteiger partial charge in [0.15, 0.2) is 5.95 Å². The molecule has 2 aromatic rings. The average Bonchev–Trinajstić information content (AvgIpc) is 2.61. The Morgan fingerprint density at radius 1 is 1.58 bits per heavy atom. The Morgan fingerprint density at radius 2 is 2.42 bits per heavy atom. The number of nitrogens with zero attached hydrogens (tertiary/aromatic N) is 2. The van der Waals surface area contributed by atoms with Crippen LogP contribution in [0.5, 0.6) is 0 Å². The largest absolute Gasteiger partial charge is 0.369 e. The zero-order valence-corrected chi connectivity index (χ0v) is 7.51. The molecule has 3 nitrogen and oxygen atoms in total. The highest BCUT2D eigenvalue weighted by Gasteiger charge is 2.04. The van der Waals surface area contributed by atoms with Crippen LogP contribution in [-0.2, 0) is 7.05 Å². The first-order valence-electron chi connectivity index (χ1n) is 3.60. The average molecular weight is 179 g/mol. The van der Waals surface area contributed by atoms with Crippen LogP contribution in [0.25, 0.3) is 10.6 Å². The minimum Gasteiger partial charge on any atom is -0.369 e. The predicted molar refractivity (Wildman–Crippen MR) is 50.9 cm³/mol. The van der Waals surface area contributed by atoms with Crippen LogP contribution in [0.15, 0.2) is 23.7 Å². The molecule has 0 aliphatic rings. The Bertz CT molecular complexity index is 355. The maximum atomic E-state index is 5.60. The summed E-state index contributed by atoms with van der Waals surface area (Å²) in [6, 6.07) is 4.04. The monoisotopic (exact) mass is 179 g/mol. The number of hydrogen-bond acceptors (Lipinski definition) is 3. The number of aromatic nitrogens is 2. The lowest BCUT2D eigenvalue weighted by Gasteiger charge is -1.87. The lowest BCUT2D eigenvalue weighted by atomic mass is 10.4. The third kappa shape index (κ3) is 1.10. The Hall–Kier alpha value is -1.29. The molecule has 0 saturated heterocycles. The van der Waals surface area contributed by atoms with Crippen molar-refractivity contribution in [3.8, 4) is 10.6 Å². The van der Waals surface area contributed by atoms with E-state index in [2.05, 4.69) is 4.98 Å². The van der Waals surface area contributed by atoms with Crippen LogP contribution >= 0.6 is 11.3 Å². The Balaban J connectivity index is 2.48. The quantitative estimate of drug-likeness (QED) is 0.724. The lowest BCUT2D eigenvalue weighted by molar-refractivity contribution is 0.930. The van der Waals surface area contributed by atoms with Gasteiger partial charge in [-0.1, -0.05) is 6.07 Å². The first-order chi connectivity index (χ1) is 5.77. The zero-order chi connectivity index (χ0) is 8.55. The molecule has 0 saturated carbocycles. The second-order valence-electron chi connectivity index (χ2n) is 2.57. The molecule has 0 amide bonds. The van der Waals surface area contributed by atoms with Gasteiger partial charge in [0.05, 0.1) is 4.88 Å². The van der Waals surface area contributed by atoms with E-state index in [4.69, 9.17) is 5.73 Å². The second kappa shape index (κ2) is 2.64. The van der Waals surface area contributed by atoms with Gasteiger partial charge in [-0.15, -0.1) is 11.3 Å². The topological polar surface area (TPSA) is 43.8 Å². The van der Waals surface area contributed by atoms with Crippen LogP contribution in [-0.4, -0.2) is 9.55 Å². The highest BCUT2D eigenvalue weighted by Crippen LogP contribution is 2.23. The molecule has 62 valence electrons. The van der Waals surface area contributed by atoms with E-state index < -0.39 is 0 Å². The standard InChI is InChI=1S/C8H9N3S/c1-11-5-6(10-8(11)9)7-3-2-4-12-7/h2-5H,1H3,(H2,9,10). The van der Waals surface area contributed by atoms with Crippen LogP contribution in [0, 0.1) is 0 Å². The summed E-state index contributed by atoms with van der Waals surface area (Å²) in [5.74, 6) is 0.554. The summed E-state index contributed by atoms with van der Waals surface area (Å²) in [6.07, 6.45) is 1.93. The SMILES string of the molecule is Cn1cc(-c2cccs2)nc1N. The molecule has 12 heavy (non-hydrogen) atoms. The van der Waals surface area contributed by atoms with Crippen LogP contribution in [0.3, 0.4) is 0 Å². The van der Waals surface area contributed by atoms with Crippen molar-refractivity contribution in [1.82, 2.24) is 9.55 Å². The van der Waals surface area contributed by atoms with Gasteiger partial charge < -0.3 is 10.3 Å². The summed E-state index contributed by atoms with van der Waals surface area (Å²) in [6.45, 7) is 0. The van der Waals surface area contributed by atoms with Gasteiger partial charge in [-0.05, 0) is 11.4 Å². The molecule has 2 aromatic heterocycles. The molecule has 0 bridgehead atoms. The van der Waals surface area contributed by atoms with E-state index in [0.29, 0.717) is 5.95 Å². The van der Waals surface area contributed by atoms with Crippen molar-refractivity contribution < 1.29 is 0 Å². The number of hydrogen-bond donors (Lipinski definition) is 1. The van der Waals surface area contributed by atoms with Crippen molar-refractivity contribution in [3.63, 3.8) is 0 Å². The third-order valence-electron chi connectivity index (χ3n) is 1.69. The van der Waals surface area contributed by atoms with E-state index in [1.165, 1.54) is 0 Å². The van der Waals surface area contributed by atoms with Crippen molar-refractivity contribution in [2.45, 2.75) is 0 Å². The normalized spacial score (nSPS) is 10.4. The third-order valence-corrected chi connectivity index (χ3v) is 2.58. The summed E-state index contributed by atoms with van der Waals surface area (Å²) in [7, 11) is 1.89. The molecule has 0 aliphatic heterocycles. The number of imidazole rings is 1. The van der Waals surface area contributed by atoms with Gasteiger partial charge in [0, 0.05) is 13.2 Å².